The summed E-state index contributed by atoms with van der Waals surface area (Å²) in [6.07, 6.45) is 4.34. The van der Waals surface area contributed by atoms with Crippen molar-refractivity contribution in [2.24, 2.45) is 0 Å². The van der Waals surface area contributed by atoms with E-state index in [2.05, 4.69) is 61.3 Å². The average Bonchev–Trinajstić information content (AvgIpc) is 2.55. The molecular formula is C18H27ClN2. The molecule has 0 aliphatic carbocycles. The van der Waals surface area contributed by atoms with Crippen molar-refractivity contribution < 1.29 is 0 Å². The highest BCUT2D eigenvalue weighted by molar-refractivity contribution is 6.25. The molecule has 3 heteroatoms. The first kappa shape index (κ1) is 16.5. The fourth-order valence-electron chi connectivity index (χ4n) is 3.31. The Morgan fingerprint density at radius 3 is 2.48 bits per heavy atom. The molecule has 1 aromatic rings. The molecule has 1 aromatic carbocycles. The van der Waals surface area contributed by atoms with Crippen molar-refractivity contribution in [3.05, 3.63) is 47.5 Å². The second-order valence-electron chi connectivity index (χ2n) is 6.22. The van der Waals surface area contributed by atoms with E-state index in [4.69, 9.17) is 11.6 Å². The fourth-order valence-corrected chi connectivity index (χ4v) is 3.39. The summed E-state index contributed by atoms with van der Waals surface area (Å²) in [6.45, 7) is 9.78. The molecule has 0 aromatic heterocycles. The lowest BCUT2D eigenvalue weighted by Crippen LogP contribution is -2.67. The van der Waals surface area contributed by atoms with Gasteiger partial charge in [-0.1, -0.05) is 61.9 Å². The normalized spacial score (nSPS) is 26.3. The number of benzene rings is 1. The minimum atomic E-state index is 0.00546. The first-order valence-corrected chi connectivity index (χ1v) is 8.34. The third-order valence-electron chi connectivity index (χ3n) is 5.16. The van der Waals surface area contributed by atoms with Crippen LogP contribution in [0, 0.1) is 0 Å². The Bertz CT molecular complexity index is 467. The topological polar surface area (TPSA) is 15.3 Å². The lowest BCUT2D eigenvalue weighted by Gasteiger charge is -2.53. The van der Waals surface area contributed by atoms with Crippen molar-refractivity contribution in [3.63, 3.8) is 0 Å². The quantitative estimate of drug-likeness (QED) is 0.880. The van der Waals surface area contributed by atoms with Gasteiger partial charge in [0.05, 0.1) is 5.54 Å². The lowest BCUT2D eigenvalue weighted by atomic mass is 9.81. The van der Waals surface area contributed by atoms with Crippen molar-refractivity contribution in [2.75, 3.05) is 19.6 Å². The van der Waals surface area contributed by atoms with Crippen LogP contribution in [0.25, 0.3) is 0 Å². The van der Waals surface area contributed by atoms with Crippen molar-refractivity contribution in [3.8, 4) is 0 Å². The van der Waals surface area contributed by atoms with Gasteiger partial charge in [-0.05, 0) is 25.3 Å². The average molecular weight is 307 g/mol. The van der Waals surface area contributed by atoms with Gasteiger partial charge in [-0.2, -0.15) is 0 Å². The van der Waals surface area contributed by atoms with Crippen LogP contribution in [0.15, 0.2) is 41.9 Å². The molecule has 1 heterocycles. The number of rotatable bonds is 5. The van der Waals surface area contributed by atoms with Crippen LogP contribution in [0.5, 0.6) is 0 Å². The van der Waals surface area contributed by atoms with Crippen molar-refractivity contribution in [1.82, 2.24) is 10.2 Å². The molecule has 1 N–H and O–H groups in total. The van der Waals surface area contributed by atoms with E-state index in [1.165, 1.54) is 5.56 Å². The molecule has 0 bridgehead atoms. The molecule has 1 unspecified atom stereocenters. The molecule has 2 nitrogen and oxygen atoms in total. The lowest BCUT2D eigenvalue weighted by molar-refractivity contribution is 0.0181. The molecule has 0 amide bonds. The van der Waals surface area contributed by atoms with E-state index in [9.17, 15) is 0 Å². The summed E-state index contributed by atoms with van der Waals surface area (Å²) in [5.74, 6) is 0. The predicted molar refractivity (Wildman–Crippen MR) is 91.7 cm³/mol. The summed E-state index contributed by atoms with van der Waals surface area (Å²) in [5.41, 5.74) is 3.22. The molecule has 21 heavy (non-hydrogen) atoms. The van der Waals surface area contributed by atoms with Crippen molar-refractivity contribution in [2.45, 2.75) is 44.7 Å². The minimum absolute atomic E-state index is 0.00546. The molecule has 0 spiro atoms. The maximum Gasteiger partial charge on any atom is 0.0561 e. The zero-order chi connectivity index (χ0) is 15.3. The summed E-state index contributed by atoms with van der Waals surface area (Å²) in [4.78, 5) is 2.56. The van der Waals surface area contributed by atoms with Crippen molar-refractivity contribution in [1.29, 1.82) is 0 Å². The van der Waals surface area contributed by atoms with Gasteiger partial charge in [0.2, 0.25) is 0 Å². The summed E-state index contributed by atoms with van der Waals surface area (Å²) in [6, 6.07) is 10.8. The second kappa shape index (κ2) is 6.95. The highest BCUT2D eigenvalue weighted by atomic mass is 35.5. The van der Waals surface area contributed by atoms with Crippen LogP contribution in [0.1, 0.15) is 39.2 Å². The Balaban J connectivity index is 2.32. The van der Waals surface area contributed by atoms with Gasteiger partial charge in [-0.3, -0.25) is 4.90 Å². The van der Waals surface area contributed by atoms with Gasteiger partial charge in [-0.15, -0.1) is 0 Å². The van der Waals surface area contributed by atoms with Crippen LogP contribution in [-0.4, -0.2) is 30.1 Å². The Morgan fingerprint density at radius 2 is 1.90 bits per heavy atom. The second-order valence-corrected chi connectivity index (χ2v) is 6.48. The van der Waals surface area contributed by atoms with Gasteiger partial charge < -0.3 is 5.32 Å². The highest BCUT2D eigenvalue weighted by Crippen LogP contribution is 2.35. The third-order valence-corrected chi connectivity index (χ3v) is 5.34. The number of hydrogen-bond acceptors (Lipinski definition) is 2. The van der Waals surface area contributed by atoms with Gasteiger partial charge >= 0.3 is 0 Å². The molecule has 116 valence electrons. The Hall–Kier alpha value is -0.830. The molecule has 1 aliphatic rings. The predicted octanol–water partition coefficient (Wildman–Crippen LogP) is 4.12. The summed E-state index contributed by atoms with van der Waals surface area (Å²) in [5, 5.41) is 3.83. The number of halogens is 1. The minimum Gasteiger partial charge on any atom is -0.308 e. The standard InChI is InChI=1S/C18H27ClN2/c1-4-18(5-2)15-21(13-9-12-19)17(3,14-20-18)16-10-7-6-8-11-16/h6-12,20H,4-5,13-15H2,1-3H3/b12-9+. The van der Waals surface area contributed by atoms with Gasteiger partial charge in [0.15, 0.2) is 0 Å². The molecular weight excluding hydrogens is 280 g/mol. The molecule has 1 atom stereocenters. The maximum absolute atomic E-state index is 5.78. The molecule has 1 fully saturated rings. The van der Waals surface area contributed by atoms with Crippen molar-refractivity contribution >= 4 is 11.6 Å². The molecule has 1 saturated heterocycles. The summed E-state index contributed by atoms with van der Waals surface area (Å²) < 4.78 is 0. The Morgan fingerprint density at radius 1 is 1.24 bits per heavy atom. The Labute approximate surface area is 134 Å². The van der Waals surface area contributed by atoms with E-state index in [0.29, 0.717) is 0 Å². The zero-order valence-electron chi connectivity index (χ0n) is 13.4. The number of nitrogens with zero attached hydrogens (tertiary/aromatic N) is 1. The van der Waals surface area contributed by atoms with Crippen LogP contribution in [0.2, 0.25) is 0 Å². The summed E-state index contributed by atoms with van der Waals surface area (Å²) in [7, 11) is 0. The zero-order valence-corrected chi connectivity index (χ0v) is 14.2. The first-order chi connectivity index (χ1) is 10.1. The van der Waals surface area contributed by atoms with E-state index in [0.717, 1.165) is 32.5 Å². The van der Waals surface area contributed by atoms with E-state index < -0.39 is 0 Å². The maximum atomic E-state index is 5.78. The van der Waals surface area contributed by atoms with Crippen LogP contribution in [0.3, 0.4) is 0 Å². The third kappa shape index (κ3) is 3.33. The smallest absolute Gasteiger partial charge is 0.0561 e. The fraction of sp³-hybridized carbons (Fsp3) is 0.556. The number of piperazine rings is 1. The van der Waals surface area contributed by atoms with Crippen LogP contribution < -0.4 is 5.32 Å². The largest absolute Gasteiger partial charge is 0.308 e. The molecule has 0 saturated carbocycles. The molecule has 0 radical (unpaired) electrons. The number of nitrogens with one attached hydrogen (secondary N) is 1. The summed E-state index contributed by atoms with van der Waals surface area (Å²) >= 11 is 5.78. The van der Waals surface area contributed by atoms with Crippen LogP contribution in [-0.2, 0) is 5.54 Å². The SMILES string of the molecule is CCC1(CC)CN(C/C=C/Cl)C(C)(c2ccccc2)CN1. The number of hydrogen-bond donors (Lipinski definition) is 1. The molecule has 1 aliphatic heterocycles. The highest BCUT2D eigenvalue weighted by Gasteiger charge is 2.43. The molecule has 2 rings (SSSR count). The monoisotopic (exact) mass is 306 g/mol. The van der Waals surface area contributed by atoms with Crippen LogP contribution >= 0.6 is 11.6 Å². The Kier molecular flexibility index (Phi) is 5.48. The van der Waals surface area contributed by atoms with Crippen LogP contribution in [0.4, 0.5) is 0 Å². The first-order valence-electron chi connectivity index (χ1n) is 7.91. The van der Waals surface area contributed by atoms with Gasteiger partial charge in [0.25, 0.3) is 0 Å². The van der Waals surface area contributed by atoms with E-state index in [1.54, 1.807) is 5.54 Å². The van der Waals surface area contributed by atoms with E-state index >= 15 is 0 Å². The van der Waals surface area contributed by atoms with Gasteiger partial charge in [0, 0.05) is 30.7 Å². The van der Waals surface area contributed by atoms with Gasteiger partial charge in [-0.25, -0.2) is 0 Å². The van der Waals surface area contributed by atoms with Gasteiger partial charge in [0.1, 0.15) is 0 Å². The van der Waals surface area contributed by atoms with E-state index in [1.807, 2.05) is 6.08 Å². The van der Waals surface area contributed by atoms with E-state index in [-0.39, 0.29) is 11.1 Å².